The van der Waals surface area contributed by atoms with Gasteiger partial charge in [0.05, 0.1) is 5.41 Å². The van der Waals surface area contributed by atoms with Crippen LogP contribution in [0, 0.1) is 5.41 Å². The maximum Gasteiger partial charge on any atom is 0.230 e. The van der Waals surface area contributed by atoms with Crippen LogP contribution in [0.2, 0.25) is 0 Å². The number of nitrogens with zero attached hydrogens (tertiary/aromatic N) is 3. The van der Waals surface area contributed by atoms with Gasteiger partial charge in [-0.3, -0.25) is 14.6 Å². The van der Waals surface area contributed by atoms with Crippen molar-refractivity contribution in [1.29, 1.82) is 0 Å². The van der Waals surface area contributed by atoms with Crippen LogP contribution in [0.1, 0.15) is 31.7 Å². The van der Waals surface area contributed by atoms with E-state index < -0.39 is 5.41 Å². The Bertz CT molecular complexity index is 835. The zero-order valence-electron chi connectivity index (χ0n) is 17.0. The third-order valence-corrected chi connectivity index (χ3v) is 5.51. The first kappa shape index (κ1) is 20.1. The molecular formula is C23H29N3O2. The van der Waals surface area contributed by atoms with Crippen molar-refractivity contribution in [3.63, 3.8) is 0 Å². The molecule has 1 aliphatic heterocycles. The van der Waals surface area contributed by atoms with Gasteiger partial charge in [0.15, 0.2) is 0 Å². The Morgan fingerprint density at radius 3 is 2.57 bits per heavy atom. The standard InChI is InChI=1S/C23H29N3O2/c1-4-6-21(27)26-14-11-23(17-26,22(28)25(2)3)16-18-7-5-8-20(15-18)19-9-12-24-13-10-19/h5,7-10,12-13,15H,4,6,11,14,16-17H2,1-3H3. The molecule has 1 saturated heterocycles. The molecule has 1 aromatic carbocycles. The lowest BCUT2D eigenvalue weighted by Gasteiger charge is -2.31. The van der Waals surface area contributed by atoms with Gasteiger partial charge in [-0.15, -0.1) is 0 Å². The maximum atomic E-state index is 13.1. The highest BCUT2D eigenvalue weighted by atomic mass is 16.2. The van der Waals surface area contributed by atoms with Crippen molar-refractivity contribution in [2.45, 2.75) is 32.6 Å². The van der Waals surface area contributed by atoms with Crippen molar-refractivity contribution >= 4 is 11.8 Å². The molecule has 0 bridgehead atoms. The molecule has 0 N–H and O–H groups in total. The third-order valence-electron chi connectivity index (χ3n) is 5.51. The van der Waals surface area contributed by atoms with Crippen LogP contribution in [0.25, 0.3) is 11.1 Å². The minimum Gasteiger partial charge on any atom is -0.348 e. The number of hydrogen-bond donors (Lipinski definition) is 0. The number of carbonyl (C=O) groups is 2. The summed E-state index contributed by atoms with van der Waals surface area (Å²) in [7, 11) is 3.60. The van der Waals surface area contributed by atoms with Gasteiger partial charge in [-0.25, -0.2) is 0 Å². The minimum absolute atomic E-state index is 0.105. The average molecular weight is 380 g/mol. The van der Waals surface area contributed by atoms with Crippen LogP contribution in [-0.2, 0) is 16.0 Å². The van der Waals surface area contributed by atoms with Gasteiger partial charge in [0.25, 0.3) is 0 Å². The summed E-state index contributed by atoms with van der Waals surface area (Å²) in [5.41, 5.74) is 2.79. The summed E-state index contributed by atoms with van der Waals surface area (Å²) in [6, 6.07) is 12.3. The molecule has 3 rings (SSSR count). The van der Waals surface area contributed by atoms with Gasteiger partial charge in [0, 0.05) is 46.0 Å². The third kappa shape index (κ3) is 4.24. The van der Waals surface area contributed by atoms with Crippen LogP contribution in [0.3, 0.4) is 0 Å². The molecule has 148 valence electrons. The largest absolute Gasteiger partial charge is 0.348 e. The molecule has 1 fully saturated rings. The van der Waals surface area contributed by atoms with Crippen molar-refractivity contribution in [2.75, 3.05) is 27.2 Å². The zero-order valence-corrected chi connectivity index (χ0v) is 17.0. The summed E-state index contributed by atoms with van der Waals surface area (Å²) in [4.78, 5) is 33.2. The van der Waals surface area contributed by atoms with Gasteiger partial charge in [0.2, 0.25) is 11.8 Å². The van der Waals surface area contributed by atoms with Crippen LogP contribution in [-0.4, -0.2) is 53.8 Å². The van der Waals surface area contributed by atoms with Crippen molar-refractivity contribution in [3.05, 3.63) is 54.4 Å². The van der Waals surface area contributed by atoms with Gasteiger partial charge in [-0.1, -0.05) is 31.2 Å². The first-order valence-corrected chi connectivity index (χ1v) is 9.94. The van der Waals surface area contributed by atoms with Crippen molar-refractivity contribution < 1.29 is 9.59 Å². The molecule has 5 nitrogen and oxygen atoms in total. The molecule has 0 saturated carbocycles. The summed E-state index contributed by atoms with van der Waals surface area (Å²) in [6.07, 6.45) is 6.29. The van der Waals surface area contributed by atoms with E-state index in [1.165, 1.54) is 0 Å². The lowest BCUT2D eigenvalue weighted by Crippen LogP contribution is -2.44. The lowest BCUT2D eigenvalue weighted by molar-refractivity contribution is -0.139. The van der Waals surface area contributed by atoms with E-state index in [4.69, 9.17) is 0 Å². The predicted molar refractivity (Wildman–Crippen MR) is 111 cm³/mol. The molecule has 1 aliphatic rings. The smallest absolute Gasteiger partial charge is 0.230 e. The van der Waals surface area contributed by atoms with E-state index >= 15 is 0 Å². The highest BCUT2D eigenvalue weighted by Gasteiger charge is 2.46. The van der Waals surface area contributed by atoms with E-state index in [9.17, 15) is 9.59 Å². The molecular weight excluding hydrogens is 350 g/mol. The summed E-state index contributed by atoms with van der Waals surface area (Å²) in [6.45, 7) is 3.17. The highest BCUT2D eigenvalue weighted by Crippen LogP contribution is 2.37. The Kier molecular flexibility index (Phi) is 6.12. The molecule has 1 aromatic heterocycles. The monoisotopic (exact) mass is 379 g/mol. The molecule has 2 amide bonds. The number of amides is 2. The summed E-state index contributed by atoms with van der Waals surface area (Å²) in [5.74, 6) is 0.259. The molecule has 28 heavy (non-hydrogen) atoms. The summed E-state index contributed by atoms with van der Waals surface area (Å²) in [5, 5.41) is 0. The quantitative estimate of drug-likeness (QED) is 0.773. The molecule has 0 aliphatic carbocycles. The average Bonchev–Trinajstić information content (AvgIpc) is 3.13. The second-order valence-corrected chi connectivity index (χ2v) is 7.91. The fraction of sp³-hybridized carbons (Fsp3) is 0.435. The highest BCUT2D eigenvalue weighted by molar-refractivity contribution is 5.85. The Labute approximate surface area is 167 Å². The normalized spacial score (nSPS) is 18.9. The first-order valence-electron chi connectivity index (χ1n) is 9.94. The fourth-order valence-electron chi connectivity index (χ4n) is 4.12. The first-order chi connectivity index (χ1) is 13.4. The van der Waals surface area contributed by atoms with E-state index in [2.05, 4.69) is 23.2 Å². The van der Waals surface area contributed by atoms with Crippen molar-refractivity contribution in [2.24, 2.45) is 5.41 Å². The van der Waals surface area contributed by atoms with Crippen molar-refractivity contribution in [1.82, 2.24) is 14.8 Å². The summed E-state index contributed by atoms with van der Waals surface area (Å²) >= 11 is 0. The molecule has 1 atom stereocenters. The Morgan fingerprint density at radius 1 is 1.14 bits per heavy atom. The number of rotatable bonds is 6. The number of likely N-dealkylation sites (tertiary alicyclic amines) is 1. The van der Waals surface area contributed by atoms with E-state index in [1.54, 1.807) is 31.4 Å². The van der Waals surface area contributed by atoms with Crippen LogP contribution < -0.4 is 0 Å². The number of benzene rings is 1. The molecule has 2 heterocycles. The summed E-state index contributed by atoms with van der Waals surface area (Å²) < 4.78 is 0. The Hall–Kier alpha value is -2.69. The van der Waals surface area contributed by atoms with Gasteiger partial charge in [-0.05, 0) is 48.1 Å². The second-order valence-electron chi connectivity index (χ2n) is 7.91. The number of hydrogen-bond acceptors (Lipinski definition) is 3. The number of aromatic nitrogens is 1. The fourth-order valence-corrected chi connectivity index (χ4v) is 4.12. The van der Waals surface area contributed by atoms with E-state index in [-0.39, 0.29) is 11.8 Å². The van der Waals surface area contributed by atoms with E-state index in [0.29, 0.717) is 32.4 Å². The van der Waals surface area contributed by atoms with Crippen LogP contribution in [0.4, 0.5) is 0 Å². The molecule has 0 radical (unpaired) electrons. The predicted octanol–water partition coefficient (Wildman–Crippen LogP) is 3.40. The SMILES string of the molecule is CCCC(=O)N1CCC(Cc2cccc(-c3ccncc3)c2)(C(=O)N(C)C)C1. The molecule has 2 aromatic rings. The number of carbonyl (C=O) groups excluding carboxylic acids is 2. The molecule has 0 spiro atoms. The van der Waals surface area contributed by atoms with E-state index in [0.717, 1.165) is 23.1 Å². The minimum atomic E-state index is -0.552. The van der Waals surface area contributed by atoms with Crippen LogP contribution >= 0.6 is 0 Å². The second kappa shape index (κ2) is 8.55. The van der Waals surface area contributed by atoms with Gasteiger partial charge in [-0.2, -0.15) is 0 Å². The lowest BCUT2D eigenvalue weighted by atomic mass is 9.79. The Morgan fingerprint density at radius 2 is 1.89 bits per heavy atom. The zero-order chi connectivity index (χ0) is 20.1. The van der Waals surface area contributed by atoms with Gasteiger partial charge in [0.1, 0.15) is 0 Å². The van der Waals surface area contributed by atoms with Crippen molar-refractivity contribution in [3.8, 4) is 11.1 Å². The number of pyridine rings is 1. The molecule has 5 heteroatoms. The Balaban J connectivity index is 1.87. The van der Waals surface area contributed by atoms with Crippen LogP contribution in [0.15, 0.2) is 48.8 Å². The van der Waals surface area contributed by atoms with Gasteiger partial charge >= 0.3 is 0 Å². The molecule has 1 unspecified atom stereocenters. The van der Waals surface area contributed by atoms with Crippen LogP contribution in [0.5, 0.6) is 0 Å². The van der Waals surface area contributed by atoms with E-state index in [1.807, 2.05) is 30.0 Å². The maximum absolute atomic E-state index is 13.1. The topological polar surface area (TPSA) is 53.5 Å². The van der Waals surface area contributed by atoms with Gasteiger partial charge < -0.3 is 9.80 Å².